The number of nitrogens with one attached hydrogen (secondary N) is 2. The molecule has 2 aromatic carbocycles. The van der Waals surface area contributed by atoms with Crippen molar-refractivity contribution < 1.29 is 23.5 Å². The van der Waals surface area contributed by atoms with E-state index in [1.54, 1.807) is 51.6 Å². The van der Waals surface area contributed by atoms with Crippen LogP contribution in [0.3, 0.4) is 0 Å². The van der Waals surface area contributed by atoms with Crippen molar-refractivity contribution in [1.82, 2.24) is 35.4 Å². The summed E-state index contributed by atoms with van der Waals surface area (Å²) in [4.78, 5) is 41.7. The number of hydrogen-bond acceptors (Lipinski definition) is 9. The molecule has 2 atom stereocenters. The first-order valence-electron chi connectivity index (χ1n) is 17.7. The molecular weight excluding hydrogens is 685 g/mol. The minimum Gasteiger partial charge on any atom is -0.481 e. The van der Waals surface area contributed by atoms with E-state index in [1.165, 1.54) is 0 Å². The Labute approximate surface area is 306 Å². The lowest BCUT2D eigenvalue weighted by atomic mass is 9.73. The van der Waals surface area contributed by atoms with Crippen LogP contribution >= 0.6 is 11.6 Å². The number of rotatable bonds is 10. The van der Waals surface area contributed by atoms with E-state index in [9.17, 15) is 9.59 Å². The zero-order chi connectivity index (χ0) is 36.1. The molecule has 4 aliphatic rings. The summed E-state index contributed by atoms with van der Waals surface area (Å²) in [6.07, 6.45) is 4.71. The number of carbonyl (C=O) groups is 2. The normalized spacial score (nSPS) is 20.3. The van der Waals surface area contributed by atoms with Gasteiger partial charge in [0.2, 0.25) is 23.6 Å². The summed E-state index contributed by atoms with van der Waals surface area (Å²) < 4.78 is 28.0. The predicted octanol–water partition coefficient (Wildman–Crippen LogP) is 5.20. The molecule has 2 amide bonds. The van der Waals surface area contributed by atoms with Crippen molar-refractivity contribution in [2.24, 2.45) is 5.41 Å². The van der Waals surface area contributed by atoms with E-state index in [0.29, 0.717) is 69.9 Å². The number of carbonyl (C=O) groups excluding carboxylic acids is 2. The van der Waals surface area contributed by atoms with E-state index in [2.05, 4.69) is 15.5 Å². The second-order valence-electron chi connectivity index (χ2n) is 14.5. The summed E-state index contributed by atoms with van der Waals surface area (Å²) >= 11 is 7.04. The smallest absolute Gasteiger partial charge is 0.237 e. The van der Waals surface area contributed by atoms with Crippen molar-refractivity contribution in [3.8, 4) is 45.4 Å². The molecule has 2 N–H and O–H groups in total. The average molecular weight is 726 g/mol. The first-order chi connectivity index (χ1) is 25.1. The number of likely N-dealkylation sites (tertiary alicyclic amines) is 2. The van der Waals surface area contributed by atoms with Gasteiger partial charge in [-0.2, -0.15) is 0 Å². The number of benzene rings is 2. The second kappa shape index (κ2) is 13.7. The summed E-state index contributed by atoms with van der Waals surface area (Å²) in [5.74, 6) is 0.651. The van der Waals surface area contributed by atoms with Crippen LogP contribution in [0, 0.1) is 11.2 Å². The zero-order valence-corrected chi connectivity index (χ0v) is 30.2. The Morgan fingerprint density at radius 1 is 0.981 bits per heavy atom. The molecule has 13 heteroatoms. The van der Waals surface area contributed by atoms with E-state index < -0.39 is 5.82 Å². The molecular formula is C39H41ClFN7O4. The van der Waals surface area contributed by atoms with Crippen LogP contribution < -0.4 is 20.1 Å². The monoisotopic (exact) mass is 725 g/mol. The lowest BCUT2D eigenvalue weighted by molar-refractivity contribution is -0.157. The second-order valence-corrected chi connectivity index (χ2v) is 14.8. The Morgan fingerprint density at radius 2 is 1.69 bits per heavy atom. The van der Waals surface area contributed by atoms with Gasteiger partial charge in [0, 0.05) is 97.9 Å². The molecule has 1 aliphatic carbocycles. The van der Waals surface area contributed by atoms with Gasteiger partial charge in [-0.3, -0.25) is 19.5 Å². The number of nitrogens with zero attached hydrogens (tertiary/aromatic N) is 5. The van der Waals surface area contributed by atoms with Gasteiger partial charge in [0.1, 0.15) is 11.5 Å². The number of aryl methyl sites for hydroxylation is 1. The Hall–Kier alpha value is -4.65. The Kier molecular flexibility index (Phi) is 9.09. The summed E-state index contributed by atoms with van der Waals surface area (Å²) in [5, 5.41) is 6.94. The third-order valence-electron chi connectivity index (χ3n) is 10.9. The molecule has 0 unspecified atom stereocenters. The fourth-order valence-electron chi connectivity index (χ4n) is 8.30. The van der Waals surface area contributed by atoms with E-state index in [1.807, 2.05) is 23.1 Å². The van der Waals surface area contributed by atoms with Gasteiger partial charge >= 0.3 is 0 Å². The first kappa shape index (κ1) is 34.4. The summed E-state index contributed by atoms with van der Waals surface area (Å²) in [6, 6.07) is 12.8. The fraction of sp³-hybridized carbons (Fsp3) is 0.410. The molecule has 52 heavy (non-hydrogen) atoms. The highest BCUT2D eigenvalue weighted by Crippen LogP contribution is 2.43. The highest BCUT2D eigenvalue weighted by molar-refractivity contribution is 6.36. The molecule has 2 aromatic heterocycles. The number of fused-ring (bicyclic) bond motifs is 1. The van der Waals surface area contributed by atoms with Crippen molar-refractivity contribution >= 4 is 23.4 Å². The lowest BCUT2D eigenvalue weighted by Gasteiger charge is -2.60. The molecule has 1 spiro atoms. The Balaban J connectivity index is 1.02. The van der Waals surface area contributed by atoms with Gasteiger partial charge < -0.3 is 25.0 Å². The van der Waals surface area contributed by atoms with Gasteiger partial charge in [0.25, 0.3) is 0 Å². The topological polar surface area (TPSA) is 122 Å². The SMILES string of the molecule is COc1nc(-c2cccc(-c3cccc(-c4cc5c(c(OC)n4)[C@@H](NC[C@@H]4CCC(=O)N4)CC5)c3F)c2Cl)cnc1CN1CC2(C1)CN(C(C)=O)C2. The Morgan fingerprint density at radius 3 is 2.40 bits per heavy atom. The van der Waals surface area contributed by atoms with Gasteiger partial charge in [-0.15, -0.1) is 0 Å². The highest BCUT2D eigenvalue weighted by atomic mass is 35.5. The number of halogens is 2. The Bertz CT molecular complexity index is 2060. The number of hydrogen-bond donors (Lipinski definition) is 2. The molecule has 3 saturated heterocycles. The van der Waals surface area contributed by atoms with Crippen LogP contribution in [0.1, 0.15) is 49.0 Å². The molecule has 3 aliphatic heterocycles. The molecule has 0 radical (unpaired) electrons. The lowest BCUT2D eigenvalue weighted by Crippen LogP contribution is -2.72. The van der Waals surface area contributed by atoms with Gasteiger partial charge in [-0.1, -0.05) is 41.9 Å². The summed E-state index contributed by atoms with van der Waals surface area (Å²) in [6.45, 7) is 6.27. The molecule has 11 nitrogen and oxygen atoms in total. The average Bonchev–Trinajstić information content (AvgIpc) is 3.73. The maximum atomic E-state index is 16.6. The minimum atomic E-state index is -0.440. The maximum Gasteiger partial charge on any atom is 0.237 e. The summed E-state index contributed by atoms with van der Waals surface area (Å²) in [7, 11) is 3.15. The van der Waals surface area contributed by atoms with Crippen LogP contribution in [0.15, 0.2) is 48.7 Å². The molecule has 4 aromatic rings. The molecule has 270 valence electrons. The molecule has 0 saturated carbocycles. The number of amides is 2. The quantitative estimate of drug-likeness (QED) is 0.227. The molecule has 8 rings (SSSR count). The first-order valence-corrected chi connectivity index (χ1v) is 18.1. The number of pyridine rings is 1. The van der Waals surface area contributed by atoms with E-state index in [0.717, 1.165) is 62.3 Å². The van der Waals surface area contributed by atoms with Crippen molar-refractivity contribution in [1.29, 1.82) is 0 Å². The number of ether oxygens (including phenoxy) is 2. The van der Waals surface area contributed by atoms with E-state index >= 15 is 4.39 Å². The maximum absolute atomic E-state index is 16.6. The van der Waals surface area contributed by atoms with Gasteiger partial charge in [-0.25, -0.2) is 14.4 Å². The molecule has 5 heterocycles. The van der Waals surface area contributed by atoms with Crippen molar-refractivity contribution in [3.63, 3.8) is 0 Å². The zero-order valence-electron chi connectivity index (χ0n) is 29.5. The van der Waals surface area contributed by atoms with E-state index in [-0.39, 0.29) is 29.3 Å². The molecule has 0 bridgehead atoms. The van der Waals surface area contributed by atoms with Crippen LogP contribution in [0.2, 0.25) is 5.02 Å². The van der Waals surface area contributed by atoms with Crippen LogP contribution in [-0.2, 0) is 22.6 Å². The van der Waals surface area contributed by atoms with Gasteiger partial charge in [0.05, 0.1) is 36.8 Å². The van der Waals surface area contributed by atoms with Gasteiger partial charge in [-0.05, 0) is 37.0 Å². The largest absolute Gasteiger partial charge is 0.481 e. The van der Waals surface area contributed by atoms with Gasteiger partial charge in [0.15, 0.2) is 0 Å². The van der Waals surface area contributed by atoms with E-state index in [4.69, 9.17) is 36.0 Å². The predicted molar refractivity (Wildman–Crippen MR) is 194 cm³/mol. The fourth-order valence-corrected chi connectivity index (χ4v) is 8.63. The third kappa shape index (κ3) is 6.26. The van der Waals surface area contributed by atoms with Crippen LogP contribution in [0.5, 0.6) is 11.8 Å². The van der Waals surface area contributed by atoms with Crippen molar-refractivity contribution in [2.45, 2.75) is 51.2 Å². The summed E-state index contributed by atoms with van der Waals surface area (Å²) in [5.41, 5.74) is 5.77. The third-order valence-corrected chi connectivity index (χ3v) is 11.3. The van der Waals surface area contributed by atoms with Crippen molar-refractivity contribution in [3.05, 3.63) is 76.3 Å². The minimum absolute atomic E-state index is 0.0350. The number of methoxy groups -OCH3 is 2. The van der Waals surface area contributed by atoms with Crippen LogP contribution in [0.25, 0.3) is 33.6 Å². The van der Waals surface area contributed by atoms with Crippen molar-refractivity contribution in [2.75, 3.05) is 46.9 Å². The molecule has 3 fully saturated rings. The highest BCUT2D eigenvalue weighted by Gasteiger charge is 2.52. The van der Waals surface area contributed by atoms with Crippen LogP contribution in [0.4, 0.5) is 4.39 Å². The standard InChI is InChI=1S/C39H41ClFN7O4/c1-22(49)48-20-39(21-48)18-47(19-39)17-32-37(51-2)46-31(16-43-32)27-8-4-6-25(35(27)40)26-7-5-9-28(36(26)41)30-14-23-10-12-29(34(23)38(45-30)52-3)42-15-24-11-13-33(50)44-24/h4-9,14,16,24,29,42H,10-13,15,17-21H2,1-3H3,(H,44,50)/t24-,29-/m0/s1. The number of aromatic nitrogens is 3. The van der Waals surface area contributed by atoms with Crippen LogP contribution in [-0.4, -0.2) is 89.6 Å².